The maximum absolute atomic E-state index is 9.54. The van der Waals surface area contributed by atoms with E-state index >= 15 is 0 Å². The Kier molecular flexibility index (Phi) is 7.50. The monoisotopic (exact) mass is 196 g/mol. The van der Waals surface area contributed by atoms with Crippen LogP contribution in [-0.4, -0.2) is 11.2 Å². The molecule has 0 saturated heterocycles. The molecule has 0 bridgehead atoms. The van der Waals surface area contributed by atoms with Gasteiger partial charge in [0.1, 0.15) is 0 Å². The van der Waals surface area contributed by atoms with Gasteiger partial charge in [0.25, 0.3) is 0 Å². The van der Waals surface area contributed by atoms with Crippen LogP contribution >= 0.6 is 0 Å². The second-order valence-corrected chi connectivity index (χ2v) is 4.13. The minimum absolute atomic E-state index is 0.395. The Bertz CT molecular complexity index is 182. The van der Waals surface area contributed by atoms with Gasteiger partial charge in [-0.25, -0.2) is 0 Å². The molecule has 0 saturated carbocycles. The molecule has 0 fully saturated rings. The first kappa shape index (κ1) is 13.4. The van der Waals surface area contributed by atoms with Crippen LogP contribution in [0.15, 0.2) is 24.3 Å². The molecule has 0 aliphatic heterocycles. The summed E-state index contributed by atoms with van der Waals surface area (Å²) < 4.78 is 0. The highest BCUT2D eigenvalue weighted by Crippen LogP contribution is 2.16. The SMILES string of the molecule is C=C(CCCCCC)CC(O)C(=C)C. The lowest BCUT2D eigenvalue weighted by Crippen LogP contribution is -2.07. The largest absolute Gasteiger partial charge is 0.388 e. The van der Waals surface area contributed by atoms with Gasteiger partial charge in [-0.05, 0) is 26.2 Å². The predicted molar refractivity (Wildman–Crippen MR) is 63.3 cm³/mol. The summed E-state index contributed by atoms with van der Waals surface area (Å²) in [5.74, 6) is 0. The number of aliphatic hydroxyl groups is 1. The van der Waals surface area contributed by atoms with E-state index in [9.17, 15) is 5.11 Å². The Morgan fingerprint density at radius 2 is 1.86 bits per heavy atom. The topological polar surface area (TPSA) is 20.2 Å². The quantitative estimate of drug-likeness (QED) is 0.462. The van der Waals surface area contributed by atoms with Gasteiger partial charge in [-0.15, -0.1) is 0 Å². The normalized spacial score (nSPS) is 12.5. The molecule has 0 spiro atoms. The molecule has 1 nitrogen and oxygen atoms in total. The molecule has 0 aromatic carbocycles. The van der Waals surface area contributed by atoms with Crippen LogP contribution in [0.5, 0.6) is 0 Å². The van der Waals surface area contributed by atoms with Crippen molar-refractivity contribution in [2.24, 2.45) is 0 Å². The van der Waals surface area contributed by atoms with Gasteiger partial charge < -0.3 is 5.11 Å². The van der Waals surface area contributed by atoms with Gasteiger partial charge in [0.2, 0.25) is 0 Å². The highest BCUT2D eigenvalue weighted by Gasteiger charge is 2.06. The average molecular weight is 196 g/mol. The fraction of sp³-hybridized carbons (Fsp3) is 0.692. The lowest BCUT2D eigenvalue weighted by atomic mass is 10.00. The minimum atomic E-state index is -0.395. The maximum Gasteiger partial charge on any atom is 0.0781 e. The Morgan fingerprint density at radius 1 is 1.21 bits per heavy atom. The molecular formula is C13H24O. The summed E-state index contributed by atoms with van der Waals surface area (Å²) in [6.07, 6.45) is 6.38. The molecule has 0 amide bonds. The van der Waals surface area contributed by atoms with Crippen LogP contribution in [0.3, 0.4) is 0 Å². The molecule has 1 atom stereocenters. The van der Waals surface area contributed by atoms with Crippen molar-refractivity contribution in [3.05, 3.63) is 24.3 Å². The van der Waals surface area contributed by atoms with Crippen molar-refractivity contribution in [1.29, 1.82) is 0 Å². The lowest BCUT2D eigenvalue weighted by Gasteiger charge is -2.11. The molecule has 82 valence electrons. The van der Waals surface area contributed by atoms with E-state index in [4.69, 9.17) is 0 Å². The third-order valence-electron chi connectivity index (χ3n) is 2.43. The third-order valence-corrected chi connectivity index (χ3v) is 2.43. The number of rotatable bonds is 8. The molecule has 0 rings (SSSR count). The number of aliphatic hydroxyl groups excluding tert-OH is 1. The van der Waals surface area contributed by atoms with E-state index in [0.29, 0.717) is 6.42 Å². The second kappa shape index (κ2) is 7.81. The van der Waals surface area contributed by atoms with Gasteiger partial charge in [-0.2, -0.15) is 0 Å². The molecule has 0 heterocycles. The number of unbranched alkanes of at least 4 members (excludes halogenated alkanes) is 3. The van der Waals surface area contributed by atoms with Gasteiger partial charge in [0, 0.05) is 0 Å². The van der Waals surface area contributed by atoms with Crippen molar-refractivity contribution >= 4 is 0 Å². The fourth-order valence-corrected chi connectivity index (χ4v) is 1.35. The summed E-state index contributed by atoms with van der Waals surface area (Å²) in [4.78, 5) is 0. The van der Waals surface area contributed by atoms with Crippen LogP contribution < -0.4 is 0 Å². The Labute approximate surface area is 88.5 Å². The Hall–Kier alpha value is -0.560. The highest BCUT2D eigenvalue weighted by molar-refractivity contribution is 5.05. The van der Waals surface area contributed by atoms with Gasteiger partial charge >= 0.3 is 0 Å². The molecule has 14 heavy (non-hydrogen) atoms. The minimum Gasteiger partial charge on any atom is -0.388 e. The molecule has 1 heteroatoms. The second-order valence-electron chi connectivity index (χ2n) is 4.13. The molecule has 0 aliphatic rings. The van der Waals surface area contributed by atoms with Crippen molar-refractivity contribution in [1.82, 2.24) is 0 Å². The lowest BCUT2D eigenvalue weighted by molar-refractivity contribution is 0.210. The van der Waals surface area contributed by atoms with Gasteiger partial charge in [-0.3, -0.25) is 0 Å². The van der Waals surface area contributed by atoms with E-state index in [-0.39, 0.29) is 0 Å². The first-order chi connectivity index (χ1) is 6.57. The molecular weight excluding hydrogens is 172 g/mol. The molecule has 1 N–H and O–H groups in total. The summed E-state index contributed by atoms with van der Waals surface area (Å²) in [7, 11) is 0. The van der Waals surface area contributed by atoms with Crippen molar-refractivity contribution in [2.75, 3.05) is 0 Å². The number of hydrogen-bond donors (Lipinski definition) is 1. The first-order valence-electron chi connectivity index (χ1n) is 5.58. The zero-order valence-corrected chi connectivity index (χ0v) is 9.68. The van der Waals surface area contributed by atoms with E-state index in [1.54, 1.807) is 0 Å². The molecule has 1 unspecified atom stereocenters. The van der Waals surface area contributed by atoms with Crippen LogP contribution in [0.2, 0.25) is 0 Å². The summed E-state index contributed by atoms with van der Waals surface area (Å²) in [6.45, 7) is 11.8. The average Bonchev–Trinajstić information content (AvgIpc) is 2.12. The zero-order chi connectivity index (χ0) is 11.0. The summed E-state index contributed by atoms with van der Waals surface area (Å²) in [5, 5.41) is 9.54. The summed E-state index contributed by atoms with van der Waals surface area (Å²) in [6, 6.07) is 0. The van der Waals surface area contributed by atoms with E-state index in [0.717, 1.165) is 17.6 Å². The van der Waals surface area contributed by atoms with E-state index in [2.05, 4.69) is 20.1 Å². The summed E-state index contributed by atoms with van der Waals surface area (Å²) in [5.41, 5.74) is 1.98. The molecule has 0 aromatic rings. The molecule has 0 aliphatic carbocycles. The maximum atomic E-state index is 9.54. The zero-order valence-electron chi connectivity index (χ0n) is 9.68. The van der Waals surface area contributed by atoms with Crippen LogP contribution in [0.1, 0.15) is 52.4 Å². The van der Waals surface area contributed by atoms with E-state index < -0.39 is 6.10 Å². The van der Waals surface area contributed by atoms with Crippen LogP contribution in [0.4, 0.5) is 0 Å². The summed E-state index contributed by atoms with van der Waals surface area (Å²) >= 11 is 0. The predicted octanol–water partition coefficient (Wildman–Crippen LogP) is 3.84. The fourth-order valence-electron chi connectivity index (χ4n) is 1.35. The third kappa shape index (κ3) is 6.90. The molecule has 0 aromatic heterocycles. The van der Waals surface area contributed by atoms with Crippen LogP contribution in [0.25, 0.3) is 0 Å². The van der Waals surface area contributed by atoms with Gasteiger partial charge in [0.05, 0.1) is 6.10 Å². The van der Waals surface area contributed by atoms with E-state index in [1.807, 2.05) is 6.92 Å². The number of hydrogen-bond acceptors (Lipinski definition) is 1. The molecule has 0 radical (unpaired) electrons. The van der Waals surface area contributed by atoms with Crippen molar-refractivity contribution in [3.8, 4) is 0 Å². The first-order valence-corrected chi connectivity index (χ1v) is 5.58. The van der Waals surface area contributed by atoms with Crippen molar-refractivity contribution in [2.45, 2.75) is 58.5 Å². The van der Waals surface area contributed by atoms with Gasteiger partial charge in [-0.1, -0.05) is 50.5 Å². The van der Waals surface area contributed by atoms with E-state index in [1.165, 1.54) is 25.7 Å². The highest BCUT2D eigenvalue weighted by atomic mass is 16.3. The van der Waals surface area contributed by atoms with Crippen LogP contribution in [-0.2, 0) is 0 Å². The van der Waals surface area contributed by atoms with Crippen LogP contribution in [0, 0.1) is 0 Å². The Morgan fingerprint density at radius 3 is 2.36 bits per heavy atom. The standard InChI is InChI=1S/C13H24O/c1-5-6-7-8-9-12(4)10-13(14)11(2)3/h13-14H,2,4-10H2,1,3H3. The Balaban J connectivity index is 3.50. The smallest absolute Gasteiger partial charge is 0.0781 e. The van der Waals surface area contributed by atoms with Crippen molar-refractivity contribution < 1.29 is 5.11 Å². The van der Waals surface area contributed by atoms with Gasteiger partial charge in [0.15, 0.2) is 0 Å². The van der Waals surface area contributed by atoms with Crippen molar-refractivity contribution in [3.63, 3.8) is 0 Å².